The monoisotopic (exact) mass is 427 g/mol. The van der Waals surface area contributed by atoms with E-state index in [0.717, 1.165) is 11.3 Å². The highest BCUT2D eigenvalue weighted by molar-refractivity contribution is 8.15. The van der Waals surface area contributed by atoms with Crippen molar-refractivity contribution in [3.8, 4) is 0 Å². The molecule has 2 aliphatic heterocycles. The third-order valence-corrected chi connectivity index (χ3v) is 6.39. The Bertz CT molecular complexity index is 821. The first kappa shape index (κ1) is 18.1. The number of alkyl halides is 3. The predicted octanol–water partition coefficient (Wildman–Crippen LogP) is 2.28. The van der Waals surface area contributed by atoms with Gasteiger partial charge in [0.25, 0.3) is 19.7 Å². The molecule has 3 rings (SSSR count). The molecule has 1 amide bonds. The number of hydrogen-bond donors (Lipinski definition) is 1. The van der Waals surface area contributed by atoms with Crippen molar-refractivity contribution in [1.29, 1.82) is 0 Å². The number of aliphatic imine (C=N–C) groups is 1. The van der Waals surface area contributed by atoms with E-state index in [0.29, 0.717) is 17.3 Å². The smallest absolute Gasteiger partial charge is 0.275 e. The van der Waals surface area contributed by atoms with Crippen LogP contribution >= 0.6 is 46.6 Å². The van der Waals surface area contributed by atoms with E-state index in [-0.39, 0.29) is 18.0 Å². The number of amides is 1. The van der Waals surface area contributed by atoms with Crippen molar-refractivity contribution in [3.63, 3.8) is 0 Å². The molecule has 0 atom stereocenters. The Hall–Kier alpha value is -0.670. The normalized spacial score (nSPS) is 17.6. The van der Waals surface area contributed by atoms with Gasteiger partial charge in [0.2, 0.25) is 0 Å². The van der Waals surface area contributed by atoms with E-state index in [2.05, 4.69) is 9.71 Å². The molecule has 0 spiro atoms. The Morgan fingerprint density at radius 3 is 2.58 bits per heavy atom. The maximum atomic E-state index is 12.4. The molecule has 130 valence electrons. The van der Waals surface area contributed by atoms with Gasteiger partial charge in [0, 0.05) is 18.8 Å². The zero-order valence-corrected chi connectivity index (χ0v) is 16.0. The summed E-state index contributed by atoms with van der Waals surface area (Å²) in [6.45, 7) is 1.07. The Morgan fingerprint density at radius 1 is 1.25 bits per heavy atom. The number of thioether (sulfide) groups is 1. The van der Waals surface area contributed by atoms with E-state index in [9.17, 15) is 13.2 Å². The number of fused-ring (bicyclic) bond motifs is 1. The minimum absolute atomic E-state index is 0.111. The second-order valence-electron chi connectivity index (χ2n) is 5.23. The van der Waals surface area contributed by atoms with Crippen molar-refractivity contribution in [2.24, 2.45) is 4.99 Å². The van der Waals surface area contributed by atoms with E-state index < -0.39 is 19.7 Å². The summed E-state index contributed by atoms with van der Waals surface area (Å²) in [6.07, 6.45) is 0. The number of nitrogens with one attached hydrogen (secondary N) is 1. The van der Waals surface area contributed by atoms with Crippen LogP contribution in [0.2, 0.25) is 0 Å². The van der Waals surface area contributed by atoms with Gasteiger partial charge in [0.1, 0.15) is 0 Å². The fourth-order valence-corrected chi connectivity index (χ4v) is 4.87. The Balaban J connectivity index is 1.80. The quantitative estimate of drug-likeness (QED) is 0.733. The molecule has 24 heavy (non-hydrogen) atoms. The van der Waals surface area contributed by atoms with Crippen LogP contribution < -0.4 is 4.72 Å². The number of hydrogen-bond acceptors (Lipinski definition) is 5. The lowest BCUT2D eigenvalue weighted by atomic mass is 10.1. The highest BCUT2D eigenvalue weighted by Gasteiger charge is 2.37. The summed E-state index contributed by atoms with van der Waals surface area (Å²) >= 11 is 18.2. The highest BCUT2D eigenvalue weighted by Crippen LogP contribution is 2.33. The van der Waals surface area contributed by atoms with Crippen LogP contribution in [0, 0.1) is 0 Å². The molecule has 1 N–H and O–H groups in total. The van der Waals surface area contributed by atoms with E-state index in [1.54, 1.807) is 6.07 Å². The molecule has 0 aromatic heterocycles. The highest BCUT2D eigenvalue weighted by atomic mass is 35.6. The predicted molar refractivity (Wildman–Crippen MR) is 96.1 cm³/mol. The lowest BCUT2D eigenvalue weighted by Crippen LogP contribution is -2.35. The third kappa shape index (κ3) is 3.77. The number of halogens is 3. The van der Waals surface area contributed by atoms with Crippen LogP contribution in [0.3, 0.4) is 0 Å². The molecule has 1 aromatic carbocycles. The maximum absolute atomic E-state index is 12.4. The molecule has 6 nitrogen and oxygen atoms in total. The van der Waals surface area contributed by atoms with Gasteiger partial charge in [-0.1, -0.05) is 52.6 Å². The summed E-state index contributed by atoms with van der Waals surface area (Å²) in [5.74, 6) is 0.124. The number of benzene rings is 1. The Labute approximate surface area is 158 Å². The number of nitrogens with zero attached hydrogens (tertiary/aromatic N) is 2. The van der Waals surface area contributed by atoms with Gasteiger partial charge >= 0.3 is 0 Å². The van der Waals surface area contributed by atoms with Gasteiger partial charge < -0.3 is 4.90 Å². The molecule has 0 radical (unpaired) electrons. The second-order valence-corrected chi connectivity index (χ2v) is 10.3. The summed E-state index contributed by atoms with van der Waals surface area (Å²) in [4.78, 5) is 17.6. The molecule has 11 heteroatoms. The van der Waals surface area contributed by atoms with Crippen molar-refractivity contribution in [2.45, 2.75) is 21.8 Å². The first-order valence-electron chi connectivity index (χ1n) is 6.85. The Morgan fingerprint density at radius 2 is 1.96 bits per heavy atom. The van der Waals surface area contributed by atoms with Crippen molar-refractivity contribution in [1.82, 2.24) is 9.62 Å². The fraction of sp³-hybridized carbons (Fsp3) is 0.385. The van der Waals surface area contributed by atoms with E-state index >= 15 is 0 Å². The average Bonchev–Trinajstić information content (AvgIpc) is 3.12. The van der Waals surface area contributed by atoms with Gasteiger partial charge in [-0.15, -0.1) is 0 Å². The Kier molecular flexibility index (Phi) is 4.96. The first-order chi connectivity index (χ1) is 11.2. The van der Waals surface area contributed by atoms with Gasteiger partial charge in [-0.05, 0) is 23.3 Å². The summed E-state index contributed by atoms with van der Waals surface area (Å²) in [6, 6.07) is 4.69. The standard InChI is InChI=1S/C13H12Cl3N3O3S2/c14-13(15,16)11(20)19-6-8-1-2-10(5-9(8)7-19)24(21,22)18-12-17-3-4-23-12/h1-2,5H,3-4,6-7H2,(H,17,18). The number of rotatable bonds is 2. The van der Waals surface area contributed by atoms with Gasteiger partial charge in [0.05, 0.1) is 11.4 Å². The molecule has 0 saturated carbocycles. The zero-order valence-electron chi connectivity index (χ0n) is 12.1. The lowest BCUT2D eigenvalue weighted by Gasteiger charge is -2.20. The molecule has 0 fully saturated rings. The second kappa shape index (κ2) is 6.57. The van der Waals surface area contributed by atoms with Gasteiger partial charge in [0.15, 0.2) is 5.17 Å². The van der Waals surface area contributed by atoms with E-state index in [1.807, 2.05) is 0 Å². The molecule has 0 aliphatic carbocycles. The van der Waals surface area contributed by atoms with Crippen molar-refractivity contribution >= 4 is 67.7 Å². The van der Waals surface area contributed by atoms with Gasteiger partial charge in [-0.2, -0.15) is 0 Å². The summed E-state index contributed by atoms with van der Waals surface area (Å²) in [7, 11) is -3.71. The molecular weight excluding hydrogens is 417 g/mol. The molecule has 1 aromatic rings. The average molecular weight is 429 g/mol. The first-order valence-corrected chi connectivity index (χ1v) is 10.4. The molecule has 2 aliphatic rings. The van der Waals surface area contributed by atoms with Crippen molar-refractivity contribution < 1.29 is 13.2 Å². The van der Waals surface area contributed by atoms with E-state index in [4.69, 9.17) is 34.8 Å². The zero-order chi connectivity index (χ0) is 17.5. The molecule has 2 heterocycles. The number of carbonyl (C=O) groups is 1. The number of amidine groups is 1. The van der Waals surface area contributed by atoms with Gasteiger partial charge in [-0.3, -0.25) is 14.5 Å². The molecular formula is C13H12Cl3N3O3S2. The van der Waals surface area contributed by atoms with Crippen LogP contribution in [0.25, 0.3) is 0 Å². The largest absolute Gasteiger partial charge is 0.330 e. The lowest BCUT2D eigenvalue weighted by molar-refractivity contribution is -0.130. The summed E-state index contributed by atoms with van der Waals surface area (Å²) < 4.78 is 25.3. The minimum Gasteiger partial charge on any atom is -0.330 e. The number of carbonyl (C=O) groups excluding carboxylic acids is 1. The molecule has 0 bridgehead atoms. The topological polar surface area (TPSA) is 78.8 Å². The van der Waals surface area contributed by atoms with Crippen LogP contribution in [0.15, 0.2) is 28.1 Å². The molecule has 0 unspecified atom stereocenters. The summed E-state index contributed by atoms with van der Waals surface area (Å²) in [5.41, 5.74) is 1.53. The van der Waals surface area contributed by atoms with Crippen LogP contribution in [0.5, 0.6) is 0 Å². The summed E-state index contributed by atoms with van der Waals surface area (Å²) in [5, 5.41) is 0.392. The van der Waals surface area contributed by atoms with Crippen LogP contribution in [-0.4, -0.2) is 40.5 Å². The van der Waals surface area contributed by atoms with Crippen molar-refractivity contribution in [2.75, 3.05) is 12.3 Å². The van der Waals surface area contributed by atoms with Crippen LogP contribution in [0.1, 0.15) is 11.1 Å². The van der Waals surface area contributed by atoms with Crippen LogP contribution in [-0.2, 0) is 27.9 Å². The number of sulfonamides is 1. The third-order valence-electron chi connectivity index (χ3n) is 3.55. The molecule has 0 saturated heterocycles. The van der Waals surface area contributed by atoms with Gasteiger partial charge in [-0.25, -0.2) is 8.42 Å². The van der Waals surface area contributed by atoms with Crippen LogP contribution in [0.4, 0.5) is 0 Å². The minimum atomic E-state index is -3.71. The maximum Gasteiger partial charge on any atom is 0.275 e. The van der Waals surface area contributed by atoms with Crippen molar-refractivity contribution in [3.05, 3.63) is 29.3 Å². The van der Waals surface area contributed by atoms with E-state index in [1.165, 1.54) is 28.8 Å². The SMILES string of the molecule is O=C(N1Cc2ccc(S(=O)(=O)NC3=NCCS3)cc2C1)C(Cl)(Cl)Cl. The fourth-order valence-electron chi connectivity index (χ4n) is 2.43.